The number of nitrogens with zero attached hydrogens (tertiary/aromatic N) is 1. The van der Waals surface area contributed by atoms with Gasteiger partial charge in [-0.2, -0.15) is 0 Å². The van der Waals surface area contributed by atoms with Gasteiger partial charge in [0, 0.05) is 22.9 Å². The number of imidazole rings is 1. The van der Waals surface area contributed by atoms with Crippen LogP contribution in [0, 0.1) is 0 Å². The lowest BCUT2D eigenvalue weighted by molar-refractivity contribution is 0.297. The van der Waals surface area contributed by atoms with Crippen molar-refractivity contribution in [1.29, 1.82) is 0 Å². The Labute approximate surface area is 102 Å². The zero-order valence-electron chi connectivity index (χ0n) is 8.61. The minimum Gasteiger partial charge on any atom is -0.486 e. The van der Waals surface area contributed by atoms with E-state index in [4.69, 9.17) is 10.5 Å². The van der Waals surface area contributed by atoms with Crippen LogP contribution in [-0.4, -0.2) is 9.97 Å². The van der Waals surface area contributed by atoms with E-state index in [1.807, 2.05) is 24.3 Å². The van der Waals surface area contributed by atoms with E-state index in [1.54, 1.807) is 6.20 Å². The number of benzene rings is 1. The maximum absolute atomic E-state index is 5.57. The molecule has 0 bridgehead atoms. The van der Waals surface area contributed by atoms with E-state index in [-0.39, 0.29) is 0 Å². The highest BCUT2D eigenvalue weighted by molar-refractivity contribution is 9.10. The van der Waals surface area contributed by atoms with Gasteiger partial charge >= 0.3 is 0 Å². The first-order chi connectivity index (χ1) is 7.78. The summed E-state index contributed by atoms with van der Waals surface area (Å²) < 4.78 is 6.56. The second-order valence-corrected chi connectivity index (χ2v) is 4.22. The van der Waals surface area contributed by atoms with Crippen molar-refractivity contribution >= 4 is 15.9 Å². The summed E-state index contributed by atoms with van der Waals surface area (Å²) in [5.74, 6) is 1.58. The van der Waals surface area contributed by atoms with Gasteiger partial charge < -0.3 is 15.5 Å². The summed E-state index contributed by atoms with van der Waals surface area (Å²) in [4.78, 5) is 7.23. The Morgan fingerprint density at radius 3 is 3.00 bits per heavy atom. The third-order valence-corrected chi connectivity index (χ3v) is 2.57. The van der Waals surface area contributed by atoms with E-state index in [9.17, 15) is 0 Å². The Kier molecular flexibility index (Phi) is 3.58. The number of H-pyrrole nitrogens is 1. The molecule has 1 heterocycles. The molecular weight excluding hydrogens is 270 g/mol. The van der Waals surface area contributed by atoms with E-state index in [0.717, 1.165) is 21.7 Å². The molecule has 0 atom stereocenters. The van der Waals surface area contributed by atoms with E-state index in [0.29, 0.717) is 13.2 Å². The number of aromatic amines is 1. The molecule has 0 spiro atoms. The second kappa shape index (κ2) is 5.14. The average Bonchev–Trinajstić information content (AvgIpc) is 2.74. The van der Waals surface area contributed by atoms with Gasteiger partial charge in [-0.25, -0.2) is 4.98 Å². The molecule has 0 saturated carbocycles. The third kappa shape index (κ3) is 2.84. The molecule has 0 aliphatic heterocycles. The first-order valence-electron chi connectivity index (χ1n) is 4.89. The molecule has 84 valence electrons. The molecule has 1 aromatic heterocycles. The molecule has 2 aromatic rings. The molecule has 0 radical (unpaired) electrons. The standard InChI is InChI=1S/C11H12BrN3O/c12-8-2-1-3-10(4-8)16-7-11-14-6-9(5-13)15-11/h1-4,6H,5,7,13H2,(H,14,15). The predicted octanol–water partition coefficient (Wildman–Crippen LogP) is 2.21. The number of nitrogens with one attached hydrogen (secondary N) is 1. The van der Waals surface area contributed by atoms with Gasteiger partial charge in [0.05, 0.1) is 0 Å². The van der Waals surface area contributed by atoms with E-state index < -0.39 is 0 Å². The number of aromatic nitrogens is 2. The number of rotatable bonds is 4. The van der Waals surface area contributed by atoms with Crippen LogP contribution < -0.4 is 10.5 Å². The lowest BCUT2D eigenvalue weighted by Crippen LogP contribution is -1.99. The molecule has 3 N–H and O–H groups in total. The fraction of sp³-hybridized carbons (Fsp3) is 0.182. The van der Waals surface area contributed by atoms with Crippen LogP contribution >= 0.6 is 15.9 Å². The molecule has 4 nitrogen and oxygen atoms in total. The summed E-state index contributed by atoms with van der Waals surface area (Å²) in [5, 5.41) is 0. The van der Waals surface area contributed by atoms with Gasteiger partial charge in [-0.1, -0.05) is 22.0 Å². The van der Waals surface area contributed by atoms with Crippen LogP contribution in [0.5, 0.6) is 5.75 Å². The van der Waals surface area contributed by atoms with Crippen molar-refractivity contribution in [2.45, 2.75) is 13.2 Å². The normalized spacial score (nSPS) is 10.4. The van der Waals surface area contributed by atoms with Crippen LogP contribution in [0.1, 0.15) is 11.5 Å². The van der Waals surface area contributed by atoms with Crippen molar-refractivity contribution < 1.29 is 4.74 Å². The Morgan fingerprint density at radius 1 is 1.44 bits per heavy atom. The number of ether oxygens (including phenoxy) is 1. The first-order valence-corrected chi connectivity index (χ1v) is 5.68. The summed E-state index contributed by atoms with van der Waals surface area (Å²) in [6, 6.07) is 7.68. The van der Waals surface area contributed by atoms with Crippen molar-refractivity contribution in [1.82, 2.24) is 9.97 Å². The summed E-state index contributed by atoms with van der Waals surface area (Å²) in [6.07, 6.45) is 1.72. The Hall–Kier alpha value is -1.33. The Balaban J connectivity index is 1.96. The zero-order valence-corrected chi connectivity index (χ0v) is 10.2. The topological polar surface area (TPSA) is 63.9 Å². The molecular formula is C11H12BrN3O. The lowest BCUT2D eigenvalue weighted by atomic mass is 10.3. The molecule has 16 heavy (non-hydrogen) atoms. The Morgan fingerprint density at radius 2 is 2.31 bits per heavy atom. The molecule has 0 aliphatic rings. The van der Waals surface area contributed by atoms with E-state index >= 15 is 0 Å². The lowest BCUT2D eigenvalue weighted by Gasteiger charge is -2.04. The number of hydrogen-bond donors (Lipinski definition) is 2. The van der Waals surface area contributed by atoms with Crippen LogP contribution in [0.25, 0.3) is 0 Å². The van der Waals surface area contributed by atoms with Crippen molar-refractivity contribution in [3.63, 3.8) is 0 Å². The van der Waals surface area contributed by atoms with Gasteiger partial charge in [0.15, 0.2) is 0 Å². The van der Waals surface area contributed by atoms with Crippen molar-refractivity contribution in [3.8, 4) is 5.75 Å². The summed E-state index contributed by atoms with van der Waals surface area (Å²) >= 11 is 3.38. The summed E-state index contributed by atoms with van der Waals surface area (Å²) in [6.45, 7) is 0.875. The van der Waals surface area contributed by atoms with Gasteiger partial charge in [-0.05, 0) is 18.2 Å². The van der Waals surface area contributed by atoms with Crippen LogP contribution in [0.4, 0.5) is 0 Å². The molecule has 0 unspecified atom stereocenters. The number of nitrogens with two attached hydrogens (primary N) is 1. The van der Waals surface area contributed by atoms with Crippen LogP contribution in [-0.2, 0) is 13.2 Å². The molecule has 1 aromatic carbocycles. The molecule has 0 amide bonds. The van der Waals surface area contributed by atoms with Crippen LogP contribution in [0.15, 0.2) is 34.9 Å². The summed E-state index contributed by atoms with van der Waals surface area (Å²) in [7, 11) is 0. The van der Waals surface area contributed by atoms with Gasteiger partial charge in [0.1, 0.15) is 18.2 Å². The highest BCUT2D eigenvalue weighted by atomic mass is 79.9. The predicted molar refractivity (Wildman–Crippen MR) is 65.0 cm³/mol. The van der Waals surface area contributed by atoms with Gasteiger partial charge in [-0.3, -0.25) is 0 Å². The minimum atomic E-state index is 0.413. The molecule has 5 heteroatoms. The van der Waals surface area contributed by atoms with Crippen molar-refractivity contribution in [2.75, 3.05) is 0 Å². The summed E-state index contributed by atoms with van der Waals surface area (Å²) in [5.41, 5.74) is 6.38. The minimum absolute atomic E-state index is 0.413. The quantitative estimate of drug-likeness (QED) is 0.903. The fourth-order valence-electron chi connectivity index (χ4n) is 1.29. The van der Waals surface area contributed by atoms with E-state index in [2.05, 4.69) is 25.9 Å². The molecule has 0 aliphatic carbocycles. The maximum Gasteiger partial charge on any atom is 0.146 e. The number of hydrogen-bond acceptors (Lipinski definition) is 3. The van der Waals surface area contributed by atoms with Gasteiger partial charge in [0.25, 0.3) is 0 Å². The maximum atomic E-state index is 5.57. The first kappa shape index (κ1) is 11.2. The highest BCUT2D eigenvalue weighted by Crippen LogP contribution is 2.18. The zero-order chi connectivity index (χ0) is 11.4. The molecule has 0 saturated heterocycles. The Bertz CT molecular complexity index is 470. The van der Waals surface area contributed by atoms with Crippen molar-refractivity contribution in [3.05, 3.63) is 46.5 Å². The third-order valence-electron chi connectivity index (χ3n) is 2.07. The largest absolute Gasteiger partial charge is 0.486 e. The SMILES string of the molecule is NCc1cnc(COc2cccc(Br)c2)[nH]1. The smallest absolute Gasteiger partial charge is 0.146 e. The molecule has 2 rings (SSSR count). The average molecular weight is 282 g/mol. The number of halogens is 1. The van der Waals surface area contributed by atoms with E-state index in [1.165, 1.54) is 0 Å². The second-order valence-electron chi connectivity index (χ2n) is 3.31. The monoisotopic (exact) mass is 281 g/mol. The van der Waals surface area contributed by atoms with Crippen LogP contribution in [0.3, 0.4) is 0 Å². The van der Waals surface area contributed by atoms with Gasteiger partial charge in [-0.15, -0.1) is 0 Å². The highest BCUT2D eigenvalue weighted by Gasteiger charge is 2.00. The van der Waals surface area contributed by atoms with Crippen molar-refractivity contribution in [2.24, 2.45) is 5.73 Å². The van der Waals surface area contributed by atoms with Crippen LogP contribution in [0.2, 0.25) is 0 Å². The fourth-order valence-corrected chi connectivity index (χ4v) is 1.67. The molecule has 0 fully saturated rings. The van der Waals surface area contributed by atoms with Gasteiger partial charge in [0.2, 0.25) is 0 Å².